The van der Waals surface area contributed by atoms with Crippen LogP contribution < -0.4 is 10.1 Å². The summed E-state index contributed by atoms with van der Waals surface area (Å²) in [7, 11) is 1.57. The van der Waals surface area contributed by atoms with Crippen LogP contribution in [0, 0.1) is 11.8 Å². The highest BCUT2D eigenvalue weighted by atomic mass is 16.5. The molecule has 8 nitrogen and oxygen atoms in total. The molecule has 3 rings (SSSR count). The fourth-order valence-corrected chi connectivity index (χ4v) is 3.35. The molecule has 0 spiro atoms. The van der Waals surface area contributed by atoms with E-state index in [4.69, 9.17) is 14.4 Å². The number of hydrogen-bond donors (Lipinski definition) is 2. The van der Waals surface area contributed by atoms with Crippen LogP contribution in [0.3, 0.4) is 0 Å². The third-order valence-electron chi connectivity index (χ3n) is 4.97. The molecule has 2 aromatic rings. The normalized spacial score (nSPS) is 20.7. The van der Waals surface area contributed by atoms with E-state index in [9.17, 15) is 9.59 Å². The summed E-state index contributed by atoms with van der Waals surface area (Å²) >= 11 is 0. The molecular weight excluding hydrogens is 350 g/mol. The van der Waals surface area contributed by atoms with Gasteiger partial charge in [0, 0.05) is 5.92 Å². The highest BCUT2D eigenvalue weighted by Crippen LogP contribution is 2.30. The first-order valence-electron chi connectivity index (χ1n) is 8.99. The Morgan fingerprint density at radius 1 is 1.22 bits per heavy atom. The number of carbonyl (C=O) groups is 2. The van der Waals surface area contributed by atoms with Crippen LogP contribution in [-0.2, 0) is 9.59 Å². The molecule has 0 bridgehead atoms. The second kappa shape index (κ2) is 8.20. The predicted molar refractivity (Wildman–Crippen MR) is 95.9 cm³/mol. The molecule has 1 aliphatic carbocycles. The van der Waals surface area contributed by atoms with Crippen molar-refractivity contribution in [3.63, 3.8) is 0 Å². The maximum absolute atomic E-state index is 12.5. The molecule has 27 heavy (non-hydrogen) atoms. The fraction of sp³-hybridized carbons (Fsp3) is 0.474. The molecular formula is C19H23N3O5. The van der Waals surface area contributed by atoms with Crippen LogP contribution in [0.2, 0.25) is 0 Å². The van der Waals surface area contributed by atoms with E-state index in [1.165, 1.54) is 0 Å². The van der Waals surface area contributed by atoms with E-state index in [1.54, 1.807) is 14.0 Å². The van der Waals surface area contributed by atoms with Gasteiger partial charge in [-0.2, -0.15) is 4.98 Å². The number of carboxylic acid groups (broad SMARTS) is 1. The number of carbonyl (C=O) groups excluding carboxylic acids is 1. The van der Waals surface area contributed by atoms with Crippen LogP contribution in [0.1, 0.15) is 44.5 Å². The van der Waals surface area contributed by atoms with Gasteiger partial charge in [0.1, 0.15) is 11.8 Å². The fourth-order valence-electron chi connectivity index (χ4n) is 3.35. The minimum Gasteiger partial charge on any atom is -0.496 e. The number of methoxy groups -OCH3 is 1. The first-order valence-corrected chi connectivity index (χ1v) is 8.99. The number of nitrogens with one attached hydrogen (secondary N) is 1. The van der Waals surface area contributed by atoms with Crippen molar-refractivity contribution >= 4 is 11.9 Å². The van der Waals surface area contributed by atoms with Crippen molar-refractivity contribution in [2.75, 3.05) is 7.11 Å². The van der Waals surface area contributed by atoms with Crippen molar-refractivity contribution in [1.29, 1.82) is 0 Å². The minimum atomic E-state index is -0.781. The number of para-hydroxylation sites is 1. The van der Waals surface area contributed by atoms with Gasteiger partial charge in [0.15, 0.2) is 0 Å². The van der Waals surface area contributed by atoms with E-state index < -0.39 is 12.0 Å². The van der Waals surface area contributed by atoms with Gasteiger partial charge >= 0.3 is 5.97 Å². The van der Waals surface area contributed by atoms with Crippen molar-refractivity contribution < 1.29 is 24.0 Å². The molecule has 1 amide bonds. The van der Waals surface area contributed by atoms with E-state index in [1.807, 2.05) is 24.3 Å². The smallest absolute Gasteiger partial charge is 0.306 e. The Hall–Kier alpha value is -2.90. The van der Waals surface area contributed by atoms with Crippen LogP contribution in [0.4, 0.5) is 0 Å². The number of aliphatic carboxylic acids is 1. The van der Waals surface area contributed by atoms with Crippen molar-refractivity contribution in [1.82, 2.24) is 15.5 Å². The summed E-state index contributed by atoms with van der Waals surface area (Å²) in [5, 5.41) is 15.9. The number of hydrogen-bond acceptors (Lipinski definition) is 6. The monoisotopic (exact) mass is 373 g/mol. The Morgan fingerprint density at radius 3 is 2.56 bits per heavy atom. The molecule has 8 heteroatoms. The Bertz CT molecular complexity index is 811. The van der Waals surface area contributed by atoms with Gasteiger partial charge in [0.25, 0.3) is 0 Å². The van der Waals surface area contributed by atoms with Gasteiger partial charge in [-0.05, 0) is 44.7 Å². The quantitative estimate of drug-likeness (QED) is 0.800. The van der Waals surface area contributed by atoms with Crippen LogP contribution in [0.15, 0.2) is 28.8 Å². The maximum atomic E-state index is 12.5. The summed E-state index contributed by atoms with van der Waals surface area (Å²) in [5.74, 6) is -0.0726. The topological polar surface area (TPSA) is 115 Å². The molecule has 1 fully saturated rings. The Morgan fingerprint density at radius 2 is 1.89 bits per heavy atom. The van der Waals surface area contributed by atoms with Crippen molar-refractivity contribution in [3.05, 3.63) is 30.2 Å². The van der Waals surface area contributed by atoms with Gasteiger partial charge in [0.05, 0.1) is 18.6 Å². The molecule has 0 radical (unpaired) electrons. The number of aromatic nitrogens is 2. The molecule has 0 saturated heterocycles. The summed E-state index contributed by atoms with van der Waals surface area (Å²) in [5.41, 5.74) is 0.709. The highest BCUT2D eigenvalue weighted by molar-refractivity contribution is 5.79. The lowest BCUT2D eigenvalue weighted by Crippen LogP contribution is -2.35. The first kappa shape index (κ1) is 18.9. The van der Waals surface area contributed by atoms with E-state index >= 15 is 0 Å². The van der Waals surface area contributed by atoms with Crippen molar-refractivity contribution in [2.45, 2.75) is 38.6 Å². The molecule has 1 aliphatic rings. The lowest BCUT2D eigenvalue weighted by Gasteiger charge is -2.25. The zero-order valence-electron chi connectivity index (χ0n) is 15.3. The summed E-state index contributed by atoms with van der Waals surface area (Å²) in [6.07, 6.45) is 2.21. The van der Waals surface area contributed by atoms with Gasteiger partial charge in [0.2, 0.25) is 17.6 Å². The predicted octanol–water partition coefficient (Wildman–Crippen LogP) is 2.81. The van der Waals surface area contributed by atoms with Gasteiger partial charge in [-0.15, -0.1) is 0 Å². The van der Waals surface area contributed by atoms with Crippen LogP contribution >= 0.6 is 0 Å². The largest absolute Gasteiger partial charge is 0.496 e. The van der Waals surface area contributed by atoms with Crippen LogP contribution in [-0.4, -0.2) is 34.2 Å². The van der Waals surface area contributed by atoms with Gasteiger partial charge < -0.3 is 19.7 Å². The standard InChI is InChI=1S/C19H23N3O5/c1-11(20-17(23)12-7-9-13(10-8-12)19(24)25)18-21-16(22-27-18)14-5-3-4-6-15(14)26-2/h3-6,11-13H,7-10H2,1-2H3,(H,20,23)(H,24,25). The van der Waals surface area contributed by atoms with Gasteiger partial charge in [-0.3, -0.25) is 9.59 Å². The van der Waals surface area contributed by atoms with E-state index in [0.717, 1.165) is 0 Å². The molecule has 1 aromatic carbocycles. The maximum Gasteiger partial charge on any atom is 0.306 e. The molecule has 1 aromatic heterocycles. The van der Waals surface area contributed by atoms with E-state index in [-0.39, 0.29) is 17.7 Å². The average Bonchev–Trinajstić information content (AvgIpc) is 3.18. The molecule has 0 aliphatic heterocycles. The number of rotatable bonds is 6. The van der Waals surface area contributed by atoms with E-state index in [2.05, 4.69) is 15.5 Å². The Labute approximate surface area is 156 Å². The Balaban J connectivity index is 1.62. The zero-order valence-corrected chi connectivity index (χ0v) is 15.3. The average molecular weight is 373 g/mol. The number of ether oxygens (including phenoxy) is 1. The van der Waals surface area contributed by atoms with E-state index in [0.29, 0.717) is 48.7 Å². The number of nitrogens with zero attached hydrogens (tertiary/aromatic N) is 2. The minimum absolute atomic E-state index is 0.108. The SMILES string of the molecule is COc1ccccc1-c1noc(C(C)NC(=O)C2CCC(C(=O)O)CC2)n1. The number of amides is 1. The van der Waals surface area contributed by atoms with Crippen molar-refractivity contribution in [3.8, 4) is 17.1 Å². The summed E-state index contributed by atoms with van der Waals surface area (Å²) in [4.78, 5) is 27.9. The van der Waals surface area contributed by atoms with Crippen LogP contribution in [0.5, 0.6) is 5.75 Å². The molecule has 144 valence electrons. The summed E-state index contributed by atoms with van der Waals surface area (Å²) < 4.78 is 10.6. The molecule has 1 saturated carbocycles. The third kappa shape index (κ3) is 4.27. The third-order valence-corrected chi connectivity index (χ3v) is 4.97. The highest BCUT2D eigenvalue weighted by Gasteiger charge is 2.31. The lowest BCUT2D eigenvalue weighted by atomic mass is 9.81. The molecule has 2 N–H and O–H groups in total. The Kier molecular flexibility index (Phi) is 5.73. The van der Waals surface area contributed by atoms with Gasteiger partial charge in [-0.25, -0.2) is 0 Å². The molecule has 1 heterocycles. The zero-order chi connectivity index (χ0) is 19.4. The van der Waals surface area contributed by atoms with Crippen LogP contribution in [0.25, 0.3) is 11.4 Å². The van der Waals surface area contributed by atoms with Crippen molar-refractivity contribution in [2.24, 2.45) is 11.8 Å². The second-order valence-corrected chi connectivity index (χ2v) is 6.77. The molecule has 1 atom stereocenters. The first-order chi connectivity index (χ1) is 13.0. The second-order valence-electron chi connectivity index (χ2n) is 6.77. The molecule has 1 unspecified atom stereocenters. The number of benzene rings is 1. The lowest BCUT2D eigenvalue weighted by molar-refractivity contribution is -0.144. The number of carboxylic acids is 1. The van der Waals surface area contributed by atoms with Gasteiger partial charge in [-0.1, -0.05) is 17.3 Å². The summed E-state index contributed by atoms with van der Waals surface area (Å²) in [6.45, 7) is 1.78. The summed E-state index contributed by atoms with van der Waals surface area (Å²) in [6, 6.07) is 6.91.